The molecule has 1 saturated heterocycles. The van der Waals surface area contributed by atoms with Crippen LogP contribution >= 0.6 is 0 Å². The Morgan fingerprint density at radius 1 is 0.893 bits per heavy atom. The highest BCUT2D eigenvalue weighted by atomic mass is 32.2. The molecule has 0 radical (unpaired) electrons. The Labute approximate surface area is 164 Å². The maximum atomic E-state index is 13.2. The first kappa shape index (κ1) is 19.0. The molecule has 1 aromatic heterocycles. The Balaban J connectivity index is 1.83. The van der Waals surface area contributed by atoms with Gasteiger partial charge in [0.05, 0.1) is 15.3 Å². The summed E-state index contributed by atoms with van der Waals surface area (Å²) < 4.78 is 51.3. The summed E-state index contributed by atoms with van der Waals surface area (Å²) in [4.78, 5) is 2.16. The van der Waals surface area contributed by atoms with E-state index in [1.807, 2.05) is 12.1 Å². The maximum Gasteiger partial charge on any atom is 0.268 e. The molecule has 0 atom stereocenters. The van der Waals surface area contributed by atoms with Crippen LogP contribution in [0.2, 0.25) is 0 Å². The van der Waals surface area contributed by atoms with E-state index in [2.05, 4.69) is 10.2 Å². The fourth-order valence-corrected chi connectivity index (χ4v) is 5.63. The Morgan fingerprint density at radius 2 is 1.57 bits per heavy atom. The van der Waals surface area contributed by atoms with Crippen LogP contribution in [0.15, 0.2) is 64.5 Å². The van der Waals surface area contributed by atoms with Crippen molar-refractivity contribution in [1.29, 1.82) is 0 Å². The smallest absolute Gasteiger partial charge is 0.268 e. The van der Waals surface area contributed by atoms with Crippen molar-refractivity contribution >= 4 is 36.5 Å². The average Bonchev–Trinajstić information content (AvgIpc) is 3.13. The van der Waals surface area contributed by atoms with Crippen molar-refractivity contribution in [3.05, 3.63) is 54.7 Å². The van der Waals surface area contributed by atoms with Gasteiger partial charge in [-0.25, -0.2) is 20.8 Å². The molecule has 7 nitrogen and oxygen atoms in total. The van der Waals surface area contributed by atoms with E-state index in [1.165, 1.54) is 34.4 Å². The summed E-state index contributed by atoms with van der Waals surface area (Å²) in [7, 11) is -7.44. The first-order valence-electron chi connectivity index (χ1n) is 8.90. The van der Waals surface area contributed by atoms with E-state index in [4.69, 9.17) is 0 Å². The molecule has 2 heterocycles. The first-order chi connectivity index (χ1) is 13.3. The van der Waals surface area contributed by atoms with E-state index in [-0.39, 0.29) is 9.79 Å². The number of hydrogen-bond donors (Lipinski definition) is 1. The fraction of sp³-hybridized carbons (Fsp3) is 0.263. The summed E-state index contributed by atoms with van der Waals surface area (Å²) in [5.41, 5.74) is 1.57. The lowest BCUT2D eigenvalue weighted by Crippen LogP contribution is -2.43. The van der Waals surface area contributed by atoms with Crippen LogP contribution in [0.3, 0.4) is 0 Å². The number of fused-ring (bicyclic) bond motifs is 1. The van der Waals surface area contributed by atoms with Gasteiger partial charge < -0.3 is 10.2 Å². The second-order valence-electron chi connectivity index (χ2n) is 6.81. The minimum atomic E-state index is -3.93. The number of sulfone groups is 1. The van der Waals surface area contributed by atoms with Gasteiger partial charge in [-0.05, 0) is 36.4 Å². The van der Waals surface area contributed by atoms with Crippen molar-refractivity contribution in [2.45, 2.75) is 9.79 Å². The lowest BCUT2D eigenvalue weighted by Gasteiger charge is -2.30. The van der Waals surface area contributed by atoms with E-state index in [9.17, 15) is 16.8 Å². The van der Waals surface area contributed by atoms with Crippen LogP contribution in [0.25, 0.3) is 10.9 Å². The number of anilines is 1. The third-order valence-corrected chi connectivity index (χ3v) is 7.72. The molecule has 0 bridgehead atoms. The quantitative estimate of drug-likeness (QED) is 0.692. The molecule has 4 rings (SSSR count). The Bertz CT molecular complexity index is 1240. The summed E-state index contributed by atoms with van der Waals surface area (Å²) in [5.74, 6) is 0. The average molecular weight is 420 g/mol. The molecule has 0 saturated carbocycles. The van der Waals surface area contributed by atoms with Crippen molar-refractivity contribution < 1.29 is 16.8 Å². The Morgan fingerprint density at radius 3 is 2.29 bits per heavy atom. The van der Waals surface area contributed by atoms with Crippen LogP contribution < -0.4 is 10.2 Å². The summed E-state index contributed by atoms with van der Waals surface area (Å²) in [5, 5.41) is 4.16. The van der Waals surface area contributed by atoms with Crippen LogP contribution in [0.4, 0.5) is 5.69 Å². The van der Waals surface area contributed by atoms with Crippen molar-refractivity contribution in [1.82, 2.24) is 9.29 Å². The minimum Gasteiger partial charge on any atom is -0.368 e. The summed E-state index contributed by atoms with van der Waals surface area (Å²) >= 11 is 0. The van der Waals surface area contributed by atoms with Crippen LogP contribution in [-0.4, -0.2) is 53.2 Å². The fourth-order valence-electron chi connectivity index (χ4n) is 3.50. The van der Waals surface area contributed by atoms with Crippen molar-refractivity contribution in [3.63, 3.8) is 0 Å². The second-order valence-corrected chi connectivity index (χ2v) is 10.6. The molecule has 0 amide bonds. The van der Waals surface area contributed by atoms with Gasteiger partial charge in [0, 0.05) is 49.7 Å². The molecule has 148 valence electrons. The molecule has 1 aliphatic rings. The topological polar surface area (TPSA) is 88.5 Å². The Kier molecular flexibility index (Phi) is 4.68. The van der Waals surface area contributed by atoms with E-state index in [0.717, 1.165) is 43.5 Å². The lowest BCUT2D eigenvalue weighted by molar-refractivity contribution is 0.588. The number of benzene rings is 2. The molecule has 28 heavy (non-hydrogen) atoms. The van der Waals surface area contributed by atoms with Gasteiger partial charge in [-0.3, -0.25) is 0 Å². The van der Waals surface area contributed by atoms with Crippen LogP contribution in [-0.2, 0) is 19.9 Å². The predicted molar refractivity (Wildman–Crippen MR) is 109 cm³/mol. The van der Waals surface area contributed by atoms with Gasteiger partial charge in [0.15, 0.2) is 9.84 Å². The zero-order valence-electron chi connectivity index (χ0n) is 15.4. The molecule has 0 spiro atoms. The van der Waals surface area contributed by atoms with E-state index in [0.29, 0.717) is 5.52 Å². The van der Waals surface area contributed by atoms with Gasteiger partial charge in [-0.1, -0.05) is 12.1 Å². The number of piperazine rings is 1. The largest absolute Gasteiger partial charge is 0.368 e. The zero-order valence-corrected chi connectivity index (χ0v) is 17.0. The maximum absolute atomic E-state index is 13.2. The number of nitrogens with zero attached hydrogens (tertiary/aromatic N) is 2. The number of hydrogen-bond acceptors (Lipinski definition) is 6. The predicted octanol–water partition coefficient (Wildman–Crippen LogP) is 1.69. The van der Waals surface area contributed by atoms with E-state index < -0.39 is 19.9 Å². The monoisotopic (exact) mass is 419 g/mol. The molecule has 0 aliphatic carbocycles. The highest BCUT2D eigenvalue weighted by molar-refractivity contribution is 7.91. The highest BCUT2D eigenvalue weighted by Crippen LogP contribution is 2.30. The Hall–Kier alpha value is -2.36. The summed E-state index contributed by atoms with van der Waals surface area (Å²) in [6.07, 6.45) is 2.59. The number of rotatable bonds is 4. The third-order valence-electron chi connectivity index (χ3n) is 4.92. The molecule has 9 heteroatoms. The molecule has 1 N–H and O–H groups in total. The number of aromatic nitrogens is 1. The molecule has 3 aromatic rings. The van der Waals surface area contributed by atoms with E-state index in [1.54, 1.807) is 12.1 Å². The molecule has 1 aliphatic heterocycles. The molecule has 0 unspecified atom stereocenters. The van der Waals surface area contributed by atoms with Crippen molar-refractivity contribution in [2.24, 2.45) is 0 Å². The second kappa shape index (κ2) is 6.91. The van der Waals surface area contributed by atoms with Gasteiger partial charge in [0.1, 0.15) is 0 Å². The number of nitrogens with one attached hydrogen (secondary N) is 1. The molecular formula is C19H21N3O4S2. The van der Waals surface area contributed by atoms with Crippen molar-refractivity contribution in [2.75, 3.05) is 37.3 Å². The van der Waals surface area contributed by atoms with Gasteiger partial charge in [0.2, 0.25) is 0 Å². The van der Waals surface area contributed by atoms with Crippen LogP contribution in [0, 0.1) is 0 Å². The minimum absolute atomic E-state index is 0.0217. The van der Waals surface area contributed by atoms with Gasteiger partial charge in [-0.2, -0.15) is 0 Å². The molecular weight excluding hydrogens is 398 g/mol. The highest BCUT2D eigenvalue weighted by Gasteiger charge is 2.22. The third kappa shape index (κ3) is 3.30. The van der Waals surface area contributed by atoms with E-state index >= 15 is 0 Å². The standard InChI is InChI=1S/C19H21N3O4S2/c1-27(23,24)15-4-2-5-16(14-15)28(25,26)22-11-8-17-18(6-3-7-19(17)22)21-12-9-20-10-13-21/h2-8,11,14,20H,9-10,12-13H2,1H3. The van der Waals surface area contributed by atoms with Gasteiger partial charge in [0.25, 0.3) is 10.0 Å². The SMILES string of the molecule is CS(=O)(=O)c1cccc(S(=O)(=O)n2ccc3c(N4CCNCC4)cccc32)c1. The van der Waals surface area contributed by atoms with Gasteiger partial charge >= 0.3 is 0 Å². The molecule has 1 fully saturated rings. The van der Waals surface area contributed by atoms with Crippen LogP contribution in [0.5, 0.6) is 0 Å². The van der Waals surface area contributed by atoms with Crippen LogP contribution in [0.1, 0.15) is 0 Å². The molecule has 2 aromatic carbocycles. The summed E-state index contributed by atoms with van der Waals surface area (Å²) in [6, 6.07) is 12.9. The zero-order chi connectivity index (χ0) is 19.9. The van der Waals surface area contributed by atoms with Crippen molar-refractivity contribution in [3.8, 4) is 0 Å². The first-order valence-corrected chi connectivity index (χ1v) is 12.2. The van der Waals surface area contributed by atoms with Gasteiger partial charge in [-0.15, -0.1) is 0 Å². The lowest BCUT2D eigenvalue weighted by atomic mass is 10.2. The normalized spacial score (nSPS) is 15.8. The summed E-state index contributed by atoms with van der Waals surface area (Å²) in [6.45, 7) is 3.47.